The molecule has 206 valence electrons. The lowest BCUT2D eigenvalue weighted by Crippen LogP contribution is -2.29. The van der Waals surface area contributed by atoms with Crippen molar-refractivity contribution in [1.29, 1.82) is 0 Å². The van der Waals surface area contributed by atoms with Crippen LogP contribution in [0.2, 0.25) is 0 Å². The Kier molecular flexibility index (Phi) is 7.56. The molecule has 0 unspecified atom stereocenters. The molecule has 0 spiro atoms. The van der Waals surface area contributed by atoms with Crippen LogP contribution in [-0.2, 0) is 9.13 Å². The monoisotopic (exact) mass is 584 g/mol. The number of benzene rings is 6. The first-order valence-electron chi connectivity index (χ1n) is 13.8. The van der Waals surface area contributed by atoms with E-state index in [0.29, 0.717) is 43.0 Å². The van der Waals surface area contributed by atoms with Crippen molar-refractivity contribution in [3.63, 3.8) is 0 Å². The summed E-state index contributed by atoms with van der Waals surface area (Å²) in [5.74, 6) is 0.0446. The van der Waals surface area contributed by atoms with Gasteiger partial charge in [0.05, 0.1) is 0 Å². The third-order valence-electron chi connectivity index (χ3n) is 7.58. The highest BCUT2D eigenvalue weighted by Crippen LogP contribution is 2.49. The minimum Gasteiger partial charge on any atom is -0.508 e. The molecule has 6 rings (SSSR count). The molecule has 1 N–H and O–H groups in total. The van der Waals surface area contributed by atoms with Crippen LogP contribution in [0, 0.1) is 6.92 Å². The van der Waals surface area contributed by atoms with Crippen LogP contribution in [-0.4, -0.2) is 5.11 Å². The summed E-state index contributed by atoms with van der Waals surface area (Å²) in [6.45, 7) is 1.99. The van der Waals surface area contributed by atoms with Crippen molar-refractivity contribution in [2.75, 3.05) is 0 Å². The fourth-order valence-corrected chi connectivity index (χ4v) is 11.3. The predicted octanol–water partition coefficient (Wildman–Crippen LogP) is 6.65. The molecule has 0 aromatic heterocycles. The SMILES string of the molecule is Cc1ccc(P(=O)(c2ccccc2)c2ccccc2)c(-c2cc(O)ccc2P(=O)(c2ccccc2)c2ccccc2)c1. The second-order valence-corrected chi connectivity index (χ2v) is 15.7. The van der Waals surface area contributed by atoms with Crippen molar-refractivity contribution in [2.24, 2.45) is 0 Å². The molecular weight excluding hydrogens is 554 g/mol. The Labute approximate surface area is 246 Å². The van der Waals surface area contributed by atoms with Gasteiger partial charge in [0.1, 0.15) is 5.75 Å². The molecule has 0 saturated carbocycles. The fourth-order valence-electron chi connectivity index (χ4n) is 5.56. The maximum atomic E-state index is 15.6. The number of rotatable bonds is 7. The second-order valence-electron chi connectivity index (χ2n) is 10.3. The van der Waals surface area contributed by atoms with Crippen molar-refractivity contribution in [3.05, 3.63) is 163 Å². The summed E-state index contributed by atoms with van der Waals surface area (Å²) in [5, 5.41) is 14.8. The summed E-state index contributed by atoms with van der Waals surface area (Å²) < 4.78 is 31.1. The topological polar surface area (TPSA) is 54.4 Å². The van der Waals surface area contributed by atoms with E-state index in [0.717, 1.165) is 5.56 Å². The largest absolute Gasteiger partial charge is 0.508 e. The van der Waals surface area contributed by atoms with Crippen molar-refractivity contribution in [3.8, 4) is 16.9 Å². The van der Waals surface area contributed by atoms with Crippen LogP contribution in [0.5, 0.6) is 5.75 Å². The van der Waals surface area contributed by atoms with E-state index < -0.39 is 14.3 Å². The van der Waals surface area contributed by atoms with Gasteiger partial charge in [0.25, 0.3) is 0 Å². The smallest absolute Gasteiger partial charge is 0.171 e. The molecule has 5 heteroatoms. The van der Waals surface area contributed by atoms with Crippen LogP contribution < -0.4 is 31.8 Å². The molecule has 6 aromatic rings. The number of aromatic hydroxyl groups is 1. The van der Waals surface area contributed by atoms with Gasteiger partial charge in [-0.2, -0.15) is 0 Å². The van der Waals surface area contributed by atoms with Gasteiger partial charge in [-0.3, -0.25) is 0 Å². The maximum absolute atomic E-state index is 15.6. The van der Waals surface area contributed by atoms with Gasteiger partial charge in [0.2, 0.25) is 0 Å². The maximum Gasteiger partial charge on any atom is 0.171 e. The van der Waals surface area contributed by atoms with Crippen LogP contribution in [0.3, 0.4) is 0 Å². The lowest BCUT2D eigenvalue weighted by atomic mass is 10.0. The van der Waals surface area contributed by atoms with E-state index >= 15 is 9.13 Å². The Morgan fingerprint density at radius 1 is 0.429 bits per heavy atom. The average Bonchev–Trinajstić information content (AvgIpc) is 3.05. The van der Waals surface area contributed by atoms with E-state index in [4.69, 9.17) is 0 Å². The van der Waals surface area contributed by atoms with Crippen LogP contribution in [0.25, 0.3) is 11.1 Å². The second kappa shape index (κ2) is 11.5. The van der Waals surface area contributed by atoms with Gasteiger partial charge < -0.3 is 14.2 Å². The average molecular weight is 585 g/mol. The number of phenols is 1. The summed E-state index contributed by atoms with van der Waals surface area (Å²) in [6.07, 6.45) is 0. The molecular formula is C37H30O3P2. The summed E-state index contributed by atoms with van der Waals surface area (Å²) in [4.78, 5) is 0. The first kappa shape index (κ1) is 27.7. The predicted molar refractivity (Wildman–Crippen MR) is 177 cm³/mol. The fraction of sp³-hybridized carbons (Fsp3) is 0.0270. The Morgan fingerprint density at radius 2 is 0.762 bits per heavy atom. The van der Waals surface area contributed by atoms with Gasteiger partial charge in [-0.1, -0.05) is 139 Å². The van der Waals surface area contributed by atoms with Crippen molar-refractivity contribution in [2.45, 2.75) is 6.92 Å². The van der Waals surface area contributed by atoms with Gasteiger partial charge in [0.15, 0.2) is 14.3 Å². The highest BCUT2D eigenvalue weighted by Gasteiger charge is 2.36. The zero-order chi connectivity index (χ0) is 29.2. The number of hydrogen-bond donors (Lipinski definition) is 1. The molecule has 0 aliphatic carbocycles. The van der Waals surface area contributed by atoms with Gasteiger partial charge >= 0.3 is 0 Å². The third-order valence-corrected chi connectivity index (χ3v) is 13.8. The van der Waals surface area contributed by atoms with E-state index in [1.54, 1.807) is 18.2 Å². The van der Waals surface area contributed by atoms with E-state index in [1.807, 2.05) is 146 Å². The number of phenolic OH excluding ortho intramolecular Hbond substituents is 1. The van der Waals surface area contributed by atoms with Crippen LogP contribution >= 0.6 is 14.3 Å². The molecule has 0 amide bonds. The van der Waals surface area contributed by atoms with Gasteiger partial charge in [-0.25, -0.2) is 0 Å². The molecule has 0 heterocycles. The van der Waals surface area contributed by atoms with Crippen molar-refractivity contribution < 1.29 is 14.2 Å². The van der Waals surface area contributed by atoms with Crippen LogP contribution in [0.15, 0.2) is 158 Å². The summed E-state index contributed by atoms with van der Waals surface area (Å²) in [6, 6.07) is 48.9. The zero-order valence-electron chi connectivity index (χ0n) is 23.2. The summed E-state index contributed by atoms with van der Waals surface area (Å²) >= 11 is 0. The molecule has 42 heavy (non-hydrogen) atoms. The van der Waals surface area contributed by atoms with E-state index in [-0.39, 0.29) is 5.75 Å². The number of hydrogen-bond acceptors (Lipinski definition) is 3. The lowest BCUT2D eigenvalue weighted by molar-refractivity contribution is 0.475. The summed E-state index contributed by atoms with van der Waals surface area (Å²) in [5.41, 5.74) is 2.24. The van der Waals surface area contributed by atoms with Crippen LogP contribution in [0.1, 0.15) is 5.56 Å². The minimum atomic E-state index is -3.43. The van der Waals surface area contributed by atoms with Gasteiger partial charge in [-0.05, 0) is 42.3 Å². The standard InChI is InChI=1S/C37H30O3P2/c1-28-22-24-36(41(39,30-14-6-2-7-15-30)31-16-8-3-9-17-31)34(26-28)35-27-29(38)23-25-37(35)42(40,32-18-10-4-11-19-32)33-20-12-5-13-21-33/h2-27,38H,1H3. The molecule has 0 atom stereocenters. The van der Waals surface area contributed by atoms with E-state index in [9.17, 15) is 5.11 Å². The lowest BCUT2D eigenvalue weighted by Gasteiger charge is -2.27. The Hall–Kier alpha value is -4.42. The number of aryl methyl sites for hydroxylation is 1. The molecule has 6 aromatic carbocycles. The van der Waals surface area contributed by atoms with Gasteiger partial charge in [-0.15, -0.1) is 0 Å². The first-order chi connectivity index (χ1) is 20.4. The van der Waals surface area contributed by atoms with E-state index in [1.165, 1.54) is 0 Å². The van der Waals surface area contributed by atoms with Crippen molar-refractivity contribution in [1.82, 2.24) is 0 Å². The Balaban J connectivity index is 1.71. The highest BCUT2D eigenvalue weighted by atomic mass is 31.2. The molecule has 0 fully saturated rings. The normalized spacial score (nSPS) is 11.7. The zero-order valence-corrected chi connectivity index (χ0v) is 25.0. The minimum absolute atomic E-state index is 0.0446. The molecule has 3 nitrogen and oxygen atoms in total. The molecule has 0 aliphatic rings. The first-order valence-corrected chi connectivity index (χ1v) is 17.2. The van der Waals surface area contributed by atoms with Crippen molar-refractivity contribution >= 4 is 46.1 Å². The molecule has 0 aliphatic heterocycles. The molecule has 0 saturated heterocycles. The quantitative estimate of drug-likeness (QED) is 0.214. The Morgan fingerprint density at radius 3 is 1.14 bits per heavy atom. The molecule has 0 radical (unpaired) electrons. The highest BCUT2D eigenvalue weighted by molar-refractivity contribution is 7.86. The summed E-state index contributed by atoms with van der Waals surface area (Å²) in [7, 11) is -6.83. The Bertz CT molecular complexity index is 1710. The van der Waals surface area contributed by atoms with Crippen LogP contribution in [0.4, 0.5) is 0 Å². The third kappa shape index (κ3) is 4.86. The van der Waals surface area contributed by atoms with E-state index in [2.05, 4.69) is 0 Å². The van der Waals surface area contributed by atoms with Gasteiger partial charge in [0, 0.05) is 31.8 Å². The molecule has 0 bridgehead atoms.